The summed E-state index contributed by atoms with van der Waals surface area (Å²) < 4.78 is 0. The fourth-order valence-electron chi connectivity index (χ4n) is 2.07. The molecule has 0 fully saturated rings. The van der Waals surface area contributed by atoms with Crippen molar-refractivity contribution in [3.8, 4) is 0 Å². The first kappa shape index (κ1) is 16.5. The number of hydrogen-bond donors (Lipinski definition) is 2. The molecule has 112 valence electrons. The van der Waals surface area contributed by atoms with Crippen molar-refractivity contribution in [3.05, 3.63) is 23.9 Å². The van der Waals surface area contributed by atoms with Gasteiger partial charge in [0.25, 0.3) is 5.91 Å². The van der Waals surface area contributed by atoms with E-state index in [2.05, 4.69) is 36.4 Å². The first-order valence-electron chi connectivity index (χ1n) is 7.40. The third kappa shape index (κ3) is 5.59. The van der Waals surface area contributed by atoms with Crippen LogP contribution in [-0.2, 0) is 0 Å². The van der Waals surface area contributed by atoms with Crippen molar-refractivity contribution in [2.24, 2.45) is 5.41 Å². The molecular formula is C16H27N3O. The first-order valence-corrected chi connectivity index (χ1v) is 7.40. The molecule has 0 unspecified atom stereocenters. The van der Waals surface area contributed by atoms with E-state index in [1.165, 1.54) is 19.3 Å². The monoisotopic (exact) mass is 277 g/mol. The van der Waals surface area contributed by atoms with E-state index in [1.807, 2.05) is 0 Å². The highest BCUT2D eigenvalue weighted by atomic mass is 16.1. The Morgan fingerprint density at radius 2 is 2.10 bits per heavy atom. The third-order valence-electron chi connectivity index (χ3n) is 3.46. The minimum atomic E-state index is -0.0348. The molecule has 0 radical (unpaired) electrons. The van der Waals surface area contributed by atoms with Crippen LogP contribution in [0.2, 0.25) is 0 Å². The van der Waals surface area contributed by atoms with Crippen LogP contribution in [0.5, 0.6) is 0 Å². The summed E-state index contributed by atoms with van der Waals surface area (Å²) in [6.45, 7) is 7.31. The number of aromatic nitrogens is 1. The lowest BCUT2D eigenvalue weighted by Gasteiger charge is -2.25. The van der Waals surface area contributed by atoms with Crippen LogP contribution in [0.15, 0.2) is 18.3 Å². The summed E-state index contributed by atoms with van der Waals surface area (Å²) in [5.41, 5.74) is 0.790. The minimum Gasteiger partial charge on any atom is -0.373 e. The van der Waals surface area contributed by atoms with Gasteiger partial charge in [-0.1, -0.05) is 40.0 Å². The van der Waals surface area contributed by atoms with E-state index in [-0.39, 0.29) is 11.3 Å². The fourth-order valence-corrected chi connectivity index (χ4v) is 2.07. The maximum Gasteiger partial charge on any atom is 0.251 e. The highest BCUT2D eigenvalue weighted by Gasteiger charge is 2.18. The Hall–Kier alpha value is -1.58. The summed E-state index contributed by atoms with van der Waals surface area (Å²) in [4.78, 5) is 16.2. The van der Waals surface area contributed by atoms with Crippen molar-refractivity contribution in [2.75, 3.05) is 18.9 Å². The topological polar surface area (TPSA) is 54.0 Å². The van der Waals surface area contributed by atoms with Crippen molar-refractivity contribution in [2.45, 2.75) is 46.5 Å². The maximum absolute atomic E-state index is 12.1. The quantitative estimate of drug-likeness (QED) is 0.715. The van der Waals surface area contributed by atoms with Crippen LogP contribution in [0.4, 0.5) is 5.82 Å². The number of rotatable bonds is 8. The zero-order chi connectivity index (χ0) is 15.0. The minimum absolute atomic E-state index is 0.0348. The van der Waals surface area contributed by atoms with Gasteiger partial charge in [0.1, 0.15) is 5.82 Å². The molecular weight excluding hydrogens is 250 g/mol. The second kappa shape index (κ2) is 7.88. The zero-order valence-corrected chi connectivity index (χ0v) is 13.1. The van der Waals surface area contributed by atoms with E-state index < -0.39 is 0 Å². The number of carbonyl (C=O) groups is 1. The summed E-state index contributed by atoms with van der Waals surface area (Å²) in [6.07, 6.45) is 6.49. The molecule has 4 heteroatoms. The van der Waals surface area contributed by atoms with Gasteiger partial charge in [-0.15, -0.1) is 0 Å². The molecule has 1 aromatic rings. The van der Waals surface area contributed by atoms with Crippen molar-refractivity contribution < 1.29 is 4.79 Å². The van der Waals surface area contributed by atoms with Crippen molar-refractivity contribution in [3.63, 3.8) is 0 Å². The summed E-state index contributed by atoms with van der Waals surface area (Å²) in [7, 11) is 1.79. The van der Waals surface area contributed by atoms with Crippen molar-refractivity contribution in [1.82, 2.24) is 10.3 Å². The predicted molar refractivity (Wildman–Crippen MR) is 84.0 cm³/mol. The van der Waals surface area contributed by atoms with Gasteiger partial charge in [-0.2, -0.15) is 0 Å². The fraction of sp³-hybridized carbons (Fsp3) is 0.625. The molecule has 0 aliphatic heterocycles. The summed E-state index contributed by atoms with van der Waals surface area (Å²) >= 11 is 0. The first-order chi connectivity index (χ1) is 9.48. The van der Waals surface area contributed by atoms with E-state index in [4.69, 9.17) is 0 Å². The van der Waals surface area contributed by atoms with Crippen LogP contribution in [0, 0.1) is 5.41 Å². The average molecular weight is 277 g/mol. The summed E-state index contributed by atoms with van der Waals surface area (Å²) in [5, 5.41) is 5.96. The molecule has 1 amide bonds. The van der Waals surface area contributed by atoms with Crippen LogP contribution in [0.1, 0.15) is 56.8 Å². The lowest BCUT2D eigenvalue weighted by molar-refractivity contribution is 0.0934. The van der Waals surface area contributed by atoms with Gasteiger partial charge in [0.15, 0.2) is 0 Å². The van der Waals surface area contributed by atoms with Crippen molar-refractivity contribution in [1.29, 1.82) is 0 Å². The Kier molecular flexibility index (Phi) is 6.49. The largest absolute Gasteiger partial charge is 0.373 e. The van der Waals surface area contributed by atoms with Crippen LogP contribution < -0.4 is 10.6 Å². The highest BCUT2D eigenvalue weighted by Crippen LogP contribution is 2.22. The van der Waals surface area contributed by atoms with Crippen molar-refractivity contribution >= 4 is 11.7 Å². The number of unbranched alkanes of at least 4 members (excludes halogenated alkanes) is 2. The molecule has 1 rings (SSSR count). The number of anilines is 1. The molecule has 2 N–H and O–H groups in total. The van der Waals surface area contributed by atoms with E-state index >= 15 is 0 Å². The number of amides is 1. The van der Waals surface area contributed by atoms with E-state index in [1.54, 1.807) is 25.4 Å². The molecule has 0 saturated carbocycles. The Bertz CT molecular complexity index is 429. The van der Waals surface area contributed by atoms with Gasteiger partial charge in [-0.25, -0.2) is 4.98 Å². The van der Waals surface area contributed by atoms with Gasteiger partial charge in [0.2, 0.25) is 0 Å². The van der Waals surface area contributed by atoms with Gasteiger partial charge in [0.05, 0.1) is 0 Å². The summed E-state index contributed by atoms with van der Waals surface area (Å²) in [6, 6.07) is 3.50. The molecule has 0 saturated heterocycles. The molecule has 0 atom stereocenters. The van der Waals surface area contributed by atoms with Gasteiger partial charge in [-0.3, -0.25) is 4.79 Å². The van der Waals surface area contributed by atoms with E-state index in [0.717, 1.165) is 6.42 Å². The Balaban J connectivity index is 2.49. The lowest BCUT2D eigenvalue weighted by Crippen LogP contribution is -2.34. The third-order valence-corrected chi connectivity index (χ3v) is 3.46. The maximum atomic E-state index is 12.1. The Morgan fingerprint density at radius 1 is 1.35 bits per heavy atom. The van der Waals surface area contributed by atoms with E-state index in [0.29, 0.717) is 17.9 Å². The van der Waals surface area contributed by atoms with Gasteiger partial charge < -0.3 is 10.6 Å². The molecule has 0 spiro atoms. The number of hydrogen-bond acceptors (Lipinski definition) is 3. The second-order valence-corrected chi connectivity index (χ2v) is 5.98. The van der Waals surface area contributed by atoms with Crippen LogP contribution in [0.25, 0.3) is 0 Å². The molecule has 1 heterocycles. The van der Waals surface area contributed by atoms with Crippen LogP contribution in [0.3, 0.4) is 0 Å². The molecule has 4 nitrogen and oxygen atoms in total. The number of pyridine rings is 1. The lowest BCUT2D eigenvalue weighted by atomic mass is 9.87. The molecule has 0 aliphatic rings. The Morgan fingerprint density at radius 3 is 2.75 bits per heavy atom. The van der Waals surface area contributed by atoms with Gasteiger partial charge in [0, 0.05) is 25.4 Å². The van der Waals surface area contributed by atoms with Gasteiger partial charge in [-0.05, 0) is 24.0 Å². The van der Waals surface area contributed by atoms with Crippen LogP contribution >= 0.6 is 0 Å². The smallest absolute Gasteiger partial charge is 0.251 e. The molecule has 0 aromatic carbocycles. The molecule has 1 aromatic heterocycles. The number of carbonyl (C=O) groups excluding carboxylic acids is 1. The van der Waals surface area contributed by atoms with Crippen LogP contribution in [-0.4, -0.2) is 24.5 Å². The Labute approximate surface area is 122 Å². The number of nitrogens with one attached hydrogen (secondary N) is 2. The summed E-state index contributed by atoms with van der Waals surface area (Å²) in [5.74, 6) is 0.673. The second-order valence-electron chi connectivity index (χ2n) is 5.98. The SMILES string of the molecule is CCCCCC(C)(C)CNC(=O)c1ccnc(NC)c1. The predicted octanol–water partition coefficient (Wildman–Crippen LogP) is 3.46. The van der Waals surface area contributed by atoms with E-state index in [9.17, 15) is 4.79 Å². The standard InChI is InChI=1S/C16H27N3O/c1-5-6-7-9-16(2,3)12-19-15(20)13-8-10-18-14(11-13)17-4/h8,10-11H,5-7,9,12H2,1-4H3,(H,17,18)(H,19,20). The highest BCUT2D eigenvalue weighted by molar-refractivity contribution is 5.94. The van der Waals surface area contributed by atoms with Gasteiger partial charge >= 0.3 is 0 Å². The normalized spacial score (nSPS) is 11.2. The molecule has 0 bridgehead atoms. The zero-order valence-electron chi connectivity index (χ0n) is 13.1. The average Bonchev–Trinajstić information content (AvgIpc) is 2.45. The molecule has 0 aliphatic carbocycles. The number of nitrogens with zero attached hydrogens (tertiary/aromatic N) is 1. The molecule has 20 heavy (non-hydrogen) atoms.